The van der Waals surface area contributed by atoms with Crippen LogP contribution < -0.4 is 11.1 Å². The average Bonchev–Trinajstić information content (AvgIpc) is 2.53. The topological polar surface area (TPSA) is 140 Å². The Bertz CT molecular complexity index is 498. The first-order valence-corrected chi connectivity index (χ1v) is 7.28. The van der Waals surface area contributed by atoms with Crippen molar-refractivity contribution in [2.45, 2.75) is 6.42 Å². The highest BCUT2D eigenvalue weighted by Crippen LogP contribution is 2.34. The van der Waals surface area contributed by atoms with Crippen molar-refractivity contribution in [2.24, 2.45) is 0 Å². The lowest BCUT2D eigenvalue weighted by Gasteiger charge is -2.13. The summed E-state index contributed by atoms with van der Waals surface area (Å²) in [6.45, 7) is 1.12. The van der Waals surface area contributed by atoms with Gasteiger partial charge in [0.05, 0.1) is 50.3 Å². The number of rotatable bonds is 12. The number of nitrogens with zero attached hydrogens (tertiary/aromatic N) is 1. The van der Waals surface area contributed by atoms with Crippen LogP contribution in [0.5, 0.6) is 0 Å². The molecule has 1 aromatic carbocycles. The molecule has 0 heterocycles. The monoisotopic (exact) mass is 329 g/mol. The molecule has 0 aromatic heterocycles. The van der Waals surface area contributed by atoms with Crippen molar-refractivity contribution in [1.82, 2.24) is 0 Å². The van der Waals surface area contributed by atoms with E-state index in [1.165, 1.54) is 0 Å². The summed E-state index contributed by atoms with van der Waals surface area (Å²) in [6.07, 6.45) is 0.340. The predicted molar refractivity (Wildman–Crippen MR) is 85.5 cm³/mol. The lowest BCUT2D eigenvalue weighted by Crippen LogP contribution is -2.14. The summed E-state index contributed by atoms with van der Waals surface area (Å²) in [4.78, 5) is 10.9. The van der Waals surface area contributed by atoms with E-state index in [1.54, 1.807) is 12.1 Å². The molecule has 0 spiro atoms. The van der Waals surface area contributed by atoms with Gasteiger partial charge in [0.25, 0.3) is 5.69 Å². The molecular formula is C14H23N3O6. The standard InChI is InChI=1S/C14H23N3O6/c15-12-2-1-11(3-7-22-9-5-18)14(17(20)21)13(12)16-4-8-23-10-6-19/h1-2,16,18-19H,3-10,15H2. The van der Waals surface area contributed by atoms with Gasteiger partial charge in [0, 0.05) is 18.5 Å². The van der Waals surface area contributed by atoms with Gasteiger partial charge in [-0.15, -0.1) is 0 Å². The van der Waals surface area contributed by atoms with Gasteiger partial charge in [0.1, 0.15) is 5.69 Å². The SMILES string of the molecule is Nc1ccc(CCOCCO)c([N+](=O)[O-])c1NCCOCCO. The van der Waals surface area contributed by atoms with E-state index in [0.717, 1.165) is 0 Å². The number of nitrogen functional groups attached to an aromatic ring is 1. The minimum atomic E-state index is -0.478. The average molecular weight is 329 g/mol. The summed E-state index contributed by atoms with van der Waals surface area (Å²) in [5, 5.41) is 31.6. The van der Waals surface area contributed by atoms with Crippen LogP contribution in [0.15, 0.2) is 12.1 Å². The molecule has 130 valence electrons. The van der Waals surface area contributed by atoms with Crippen LogP contribution in [-0.2, 0) is 15.9 Å². The van der Waals surface area contributed by atoms with Gasteiger partial charge in [0.2, 0.25) is 0 Å². The molecule has 5 N–H and O–H groups in total. The summed E-state index contributed by atoms with van der Waals surface area (Å²) in [5.74, 6) is 0. The van der Waals surface area contributed by atoms with Crippen LogP contribution in [0.4, 0.5) is 17.1 Å². The summed E-state index contributed by atoms with van der Waals surface area (Å²) < 4.78 is 10.2. The van der Waals surface area contributed by atoms with E-state index in [0.29, 0.717) is 25.1 Å². The lowest BCUT2D eigenvalue weighted by molar-refractivity contribution is -0.384. The Kier molecular flexibility index (Phi) is 8.91. The minimum absolute atomic E-state index is 0.0778. The molecule has 1 rings (SSSR count). The second-order valence-electron chi connectivity index (χ2n) is 4.64. The first kappa shape index (κ1) is 19.1. The molecule has 0 aliphatic carbocycles. The van der Waals surface area contributed by atoms with Gasteiger partial charge >= 0.3 is 0 Å². The number of nitro benzene ring substituents is 1. The van der Waals surface area contributed by atoms with Crippen molar-refractivity contribution < 1.29 is 24.6 Å². The quantitative estimate of drug-likeness (QED) is 0.184. The van der Waals surface area contributed by atoms with Crippen molar-refractivity contribution in [3.05, 3.63) is 27.8 Å². The van der Waals surface area contributed by atoms with Crippen molar-refractivity contribution in [3.8, 4) is 0 Å². The lowest BCUT2D eigenvalue weighted by atomic mass is 10.1. The number of nitrogens with one attached hydrogen (secondary N) is 1. The molecule has 23 heavy (non-hydrogen) atoms. The van der Waals surface area contributed by atoms with Crippen LogP contribution in [-0.4, -0.2) is 61.3 Å². The second-order valence-corrected chi connectivity index (χ2v) is 4.64. The number of aliphatic hydroxyl groups is 2. The zero-order valence-corrected chi connectivity index (χ0v) is 12.9. The Labute approximate surface area is 134 Å². The van der Waals surface area contributed by atoms with E-state index in [2.05, 4.69) is 5.32 Å². The van der Waals surface area contributed by atoms with E-state index in [-0.39, 0.29) is 50.1 Å². The number of aliphatic hydroxyl groups excluding tert-OH is 2. The summed E-state index contributed by atoms with van der Waals surface area (Å²) in [7, 11) is 0. The zero-order valence-electron chi connectivity index (χ0n) is 12.9. The molecule has 9 nitrogen and oxygen atoms in total. The van der Waals surface area contributed by atoms with Gasteiger partial charge in [-0.3, -0.25) is 10.1 Å². The Morgan fingerprint density at radius 3 is 2.39 bits per heavy atom. The molecule has 0 aliphatic heterocycles. The van der Waals surface area contributed by atoms with Gasteiger partial charge in [-0.1, -0.05) is 0 Å². The van der Waals surface area contributed by atoms with Gasteiger partial charge < -0.3 is 30.7 Å². The summed E-state index contributed by atoms with van der Waals surface area (Å²) in [6, 6.07) is 3.20. The van der Waals surface area contributed by atoms with Crippen LogP contribution in [0, 0.1) is 10.1 Å². The number of ether oxygens (including phenoxy) is 2. The van der Waals surface area contributed by atoms with E-state index in [1.807, 2.05) is 0 Å². The number of benzene rings is 1. The molecule has 0 unspecified atom stereocenters. The Morgan fingerprint density at radius 2 is 1.78 bits per heavy atom. The summed E-state index contributed by atoms with van der Waals surface area (Å²) in [5.41, 5.74) is 6.78. The van der Waals surface area contributed by atoms with E-state index in [4.69, 9.17) is 25.4 Å². The zero-order chi connectivity index (χ0) is 17.1. The van der Waals surface area contributed by atoms with Crippen LogP contribution in [0.2, 0.25) is 0 Å². The van der Waals surface area contributed by atoms with Crippen molar-refractivity contribution in [2.75, 3.05) is 57.2 Å². The summed E-state index contributed by atoms with van der Waals surface area (Å²) >= 11 is 0. The molecule has 0 saturated heterocycles. The van der Waals surface area contributed by atoms with Crippen molar-refractivity contribution in [3.63, 3.8) is 0 Å². The largest absolute Gasteiger partial charge is 0.397 e. The molecule has 0 atom stereocenters. The number of hydrogen-bond acceptors (Lipinski definition) is 8. The third-order valence-electron chi connectivity index (χ3n) is 3.01. The molecular weight excluding hydrogens is 306 g/mol. The number of hydrogen-bond donors (Lipinski definition) is 4. The van der Waals surface area contributed by atoms with Crippen LogP contribution in [0.3, 0.4) is 0 Å². The maximum Gasteiger partial charge on any atom is 0.297 e. The van der Waals surface area contributed by atoms with E-state index >= 15 is 0 Å². The van der Waals surface area contributed by atoms with Gasteiger partial charge in [-0.2, -0.15) is 0 Å². The highest BCUT2D eigenvalue weighted by atomic mass is 16.6. The fourth-order valence-electron chi connectivity index (χ4n) is 2.01. The van der Waals surface area contributed by atoms with Gasteiger partial charge in [-0.25, -0.2) is 0 Å². The number of nitro groups is 1. The molecule has 9 heteroatoms. The molecule has 0 amide bonds. The smallest absolute Gasteiger partial charge is 0.297 e. The molecule has 1 aromatic rings. The maximum absolute atomic E-state index is 11.4. The number of nitrogens with two attached hydrogens (primary N) is 1. The number of anilines is 2. The fraction of sp³-hybridized carbons (Fsp3) is 0.571. The first-order valence-electron chi connectivity index (χ1n) is 7.28. The Hall–Kier alpha value is -1.94. The molecule has 0 bridgehead atoms. The highest BCUT2D eigenvalue weighted by Gasteiger charge is 2.22. The molecule has 0 aliphatic rings. The van der Waals surface area contributed by atoms with E-state index < -0.39 is 4.92 Å². The van der Waals surface area contributed by atoms with Crippen molar-refractivity contribution in [1.29, 1.82) is 0 Å². The molecule has 0 saturated carbocycles. The maximum atomic E-state index is 11.4. The molecule has 0 radical (unpaired) electrons. The van der Waals surface area contributed by atoms with Crippen LogP contribution in [0.1, 0.15) is 5.56 Å². The first-order chi connectivity index (χ1) is 11.1. The second kappa shape index (κ2) is 10.7. The van der Waals surface area contributed by atoms with Crippen molar-refractivity contribution >= 4 is 17.1 Å². The fourth-order valence-corrected chi connectivity index (χ4v) is 2.01. The van der Waals surface area contributed by atoms with E-state index in [9.17, 15) is 10.1 Å². The van der Waals surface area contributed by atoms with Crippen LogP contribution >= 0.6 is 0 Å². The predicted octanol–water partition coefficient (Wildman–Crippen LogP) is 0.149. The molecule has 0 fully saturated rings. The third-order valence-corrected chi connectivity index (χ3v) is 3.01. The Balaban J connectivity index is 2.79. The third kappa shape index (κ3) is 6.37. The van der Waals surface area contributed by atoms with Gasteiger partial charge in [0.15, 0.2) is 0 Å². The Morgan fingerprint density at radius 1 is 1.13 bits per heavy atom. The normalized spacial score (nSPS) is 10.7. The minimum Gasteiger partial charge on any atom is -0.397 e. The van der Waals surface area contributed by atoms with Crippen LogP contribution in [0.25, 0.3) is 0 Å². The highest BCUT2D eigenvalue weighted by molar-refractivity contribution is 5.79. The van der Waals surface area contributed by atoms with Gasteiger partial charge in [-0.05, 0) is 12.1 Å².